The monoisotopic (exact) mass is 232 g/mol. The molecular formula is C13H12O4. The zero-order valence-corrected chi connectivity index (χ0v) is 9.25. The number of fused-ring (bicyclic) bond motifs is 1. The largest absolute Gasteiger partial charge is 0.481 e. The third kappa shape index (κ3) is 0.866. The van der Waals surface area contributed by atoms with Gasteiger partial charge in [0.1, 0.15) is 0 Å². The van der Waals surface area contributed by atoms with Gasteiger partial charge in [-0.15, -0.1) is 0 Å². The first-order chi connectivity index (χ1) is 7.99. The van der Waals surface area contributed by atoms with Crippen molar-refractivity contribution in [2.75, 3.05) is 0 Å². The molecule has 1 aromatic carbocycles. The van der Waals surface area contributed by atoms with Crippen LogP contribution in [0.25, 0.3) is 0 Å². The zero-order valence-electron chi connectivity index (χ0n) is 9.25. The summed E-state index contributed by atoms with van der Waals surface area (Å²) in [7, 11) is 0. The molecule has 2 aliphatic rings. The molecule has 2 N–H and O–H groups in total. The third-order valence-corrected chi connectivity index (χ3v) is 4.58. The molecule has 4 atom stereocenters. The molecule has 0 saturated heterocycles. The smallest absolute Gasteiger partial charge is 0.308 e. The van der Waals surface area contributed by atoms with Crippen LogP contribution in [-0.2, 0) is 15.0 Å². The van der Waals surface area contributed by atoms with Crippen LogP contribution in [0.5, 0.6) is 0 Å². The van der Waals surface area contributed by atoms with Crippen molar-refractivity contribution in [1.29, 1.82) is 0 Å². The van der Waals surface area contributed by atoms with Gasteiger partial charge in [0.25, 0.3) is 0 Å². The van der Waals surface area contributed by atoms with Crippen LogP contribution in [-0.4, -0.2) is 22.2 Å². The van der Waals surface area contributed by atoms with E-state index in [4.69, 9.17) is 10.2 Å². The summed E-state index contributed by atoms with van der Waals surface area (Å²) in [5, 5.41) is 18.3. The second-order valence-corrected chi connectivity index (χ2v) is 5.06. The van der Waals surface area contributed by atoms with Gasteiger partial charge in [-0.05, 0) is 5.56 Å². The topological polar surface area (TPSA) is 74.6 Å². The van der Waals surface area contributed by atoms with Gasteiger partial charge in [0.05, 0.1) is 11.8 Å². The van der Waals surface area contributed by atoms with Gasteiger partial charge in [0.15, 0.2) is 0 Å². The van der Waals surface area contributed by atoms with Crippen molar-refractivity contribution in [3.63, 3.8) is 0 Å². The van der Waals surface area contributed by atoms with Gasteiger partial charge in [-0.3, -0.25) is 9.59 Å². The Morgan fingerprint density at radius 1 is 1.06 bits per heavy atom. The maximum absolute atomic E-state index is 11.2. The zero-order chi connectivity index (χ0) is 12.4. The fraction of sp³-hybridized carbons (Fsp3) is 0.385. The Labute approximate surface area is 97.9 Å². The van der Waals surface area contributed by atoms with Crippen LogP contribution in [0, 0.1) is 17.3 Å². The van der Waals surface area contributed by atoms with Crippen LogP contribution in [0.3, 0.4) is 0 Å². The van der Waals surface area contributed by atoms with Crippen LogP contribution >= 0.6 is 0 Å². The molecule has 2 unspecified atom stereocenters. The van der Waals surface area contributed by atoms with Gasteiger partial charge >= 0.3 is 11.9 Å². The summed E-state index contributed by atoms with van der Waals surface area (Å²) in [6.07, 6.45) is 0. The maximum Gasteiger partial charge on any atom is 0.308 e. The van der Waals surface area contributed by atoms with Gasteiger partial charge < -0.3 is 10.2 Å². The van der Waals surface area contributed by atoms with Crippen molar-refractivity contribution in [3.8, 4) is 0 Å². The van der Waals surface area contributed by atoms with Crippen LogP contribution in [0.4, 0.5) is 0 Å². The quantitative estimate of drug-likeness (QED) is 0.825. The van der Waals surface area contributed by atoms with Gasteiger partial charge in [-0.2, -0.15) is 0 Å². The average Bonchev–Trinajstić information content (AvgIpc) is 3.01. The number of carboxylic acids is 2. The minimum absolute atomic E-state index is 0.557. The predicted octanol–water partition coefficient (Wildman–Crippen LogP) is 1.36. The van der Waals surface area contributed by atoms with Crippen molar-refractivity contribution in [2.24, 2.45) is 17.3 Å². The summed E-state index contributed by atoms with van der Waals surface area (Å²) >= 11 is 0. The normalized spacial score (nSPS) is 41.5. The summed E-state index contributed by atoms with van der Waals surface area (Å²) in [6, 6.07) is 9.12. The van der Waals surface area contributed by atoms with Crippen LogP contribution in [0.2, 0.25) is 0 Å². The Bertz CT molecular complexity index is 497. The Morgan fingerprint density at radius 3 is 1.94 bits per heavy atom. The second kappa shape index (κ2) is 2.70. The third-order valence-electron chi connectivity index (χ3n) is 4.58. The van der Waals surface area contributed by atoms with Gasteiger partial charge in [0, 0.05) is 10.8 Å². The number of carboxylic acid groups (broad SMARTS) is 2. The van der Waals surface area contributed by atoms with E-state index in [2.05, 4.69) is 0 Å². The summed E-state index contributed by atoms with van der Waals surface area (Å²) in [5.74, 6) is -2.90. The van der Waals surface area contributed by atoms with Crippen LogP contribution in [0.15, 0.2) is 30.3 Å². The predicted molar refractivity (Wildman–Crippen MR) is 58.5 cm³/mol. The molecule has 17 heavy (non-hydrogen) atoms. The van der Waals surface area contributed by atoms with Gasteiger partial charge in [-0.1, -0.05) is 37.3 Å². The highest BCUT2D eigenvalue weighted by molar-refractivity contribution is 5.95. The number of rotatable bonds is 3. The Kier molecular flexibility index (Phi) is 1.64. The lowest BCUT2D eigenvalue weighted by atomic mass is 9.88. The van der Waals surface area contributed by atoms with E-state index in [0.717, 1.165) is 5.56 Å². The molecule has 2 saturated carbocycles. The first kappa shape index (κ1) is 10.3. The average molecular weight is 232 g/mol. The molecule has 0 radical (unpaired) electrons. The fourth-order valence-electron chi connectivity index (χ4n) is 3.84. The number of hydrogen-bond donors (Lipinski definition) is 2. The lowest BCUT2D eigenvalue weighted by Gasteiger charge is -2.15. The van der Waals surface area contributed by atoms with Crippen LogP contribution in [0.1, 0.15) is 12.5 Å². The maximum atomic E-state index is 11.2. The van der Waals surface area contributed by atoms with E-state index >= 15 is 0 Å². The van der Waals surface area contributed by atoms with E-state index in [0.29, 0.717) is 0 Å². The molecule has 3 rings (SSSR count). The molecule has 4 heteroatoms. The molecule has 0 bridgehead atoms. The number of benzene rings is 1. The molecule has 0 heterocycles. The second-order valence-electron chi connectivity index (χ2n) is 5.06. The Balaban J connectivity index is 2.07. The number of aliphatic carboxylic acids is 2. The minimum atomic E-state index is -0.895. The summed E-state index contributed by atoms with van der Waals surface area (Å²) in [5.41, 5.74) is -0.444. The SMILES string of the molecule is CC12[C@@H](C(=O)O)C1(c1ccccc1)[C@H]2C(=O)O. The van der Waals surface area contributed by atoms with Crippen LogP contribution < -0.4 is 0 Å². The highest BCUT2D eigenvalue weighted by Gasteiger charge is 3.00. The summed E-state index contributed by atoms with van der Waals surface area (Å²) in [6.45, 7) is 1.76. The van der Waals surface area contributed by atoms with E-state index in [1.165, 1.54) is 0 Å². The van der Waals surface area contributed by atoms with Crippen molar-refractivity contribution in [3.05, 3.63) is 35.9 Å². The molecule has 2 aliphatic carbocycles. The molecular weight excluding hydrogens is 220 g/mol. The van der Waals surface area contributed by atoms with Gasteiger partial charge in [0.2, 0.25) is 0 Å². The molecule has 0 aliphatic heterocycles. The fourth-order valence-corrected chi connectivity index (χ4v) is 3.84. The molecule has 4 nitrogen and oxygen atoms in total. The number of carbonyl (C=O) groups is 2. The highest BCUT2D eigenvalue weighted by atomic mass is 16.4. The minimum Gasteiger partial charge on any atom is -0.481 e. The lowest BCUT2D eigenvalue weighted by molar-refractivity contribution is -0.146. The van der Waals surface area contributed by atoms with E-state index in [-0.39, 0.29) is 0 Å². The van der Waals surface area contributed by atoms with E-state index in [1.807, 2.05) is 30.3 Å². The Morgan fingerprint density at radius 2 is 1.53 bits per heavy atom. The first-order valence-corrected chi connectivity index (χ1v) is 5.50. The van der Waals surface area contributed by atoms with Crippen molar-refractivity contribution in [1.82, 2.24) is 0 Å². The molecule has 1 aromatic rings. The number of hydrogen-bond acceptors (Lipinski definition) is 2. The van der Waals surface area contributed by atoms with Gasteiger partial charge in [-0.25, -0.2) is 0 Å². The van der Waals surface area contributed by atoms with E-state index in [1.54, 1.807) is 6.92 Å². The Hall–Kier alpha value is -1.84. The standard InChI is InChI=1S/C13H12O4/c1-12-8(10(14)15)13(12,9(12)11(16)17)7-5-3-2-4-6-7/h2-6,8-9H,1H3,(H,14,15)(H,16,17)/t8-,9+,12?,13?. The summed E-state index contributed by atoms with van der Waals surface area (Å²) in [4.78, 5) is 22.3. The molecule has 0 spiro atoms. The molecule has 88 valence electrons. The van der Waals surface area contributed by atoms with Crippen molar-refractivity contribution >= 4 is 11.9 Å². The molecule has 0 aromatic heterocycles. The molecule has 2 fully saturated rings. The van der Waals surface area contributed by atoms with Crippen molar-refractivity contribution in [2.45, 2.75) is 12.3 Å². The van der Waals surface area contributed by atoms with E-state index in [9.17, 15) is 9.59 Å². The molecule has 0 amide bonds. The summed E-state index contributed by atoms with van der Waals surface area (Å²) < 4.78 is 0. The van der Waals surface area contributed by atoms with E-state index < -0.39 is 34.6 Å². The first-order valence-electron chi connectivity index (χ1n) is 5.50. The van der Waals surface area contributed by atoms with Crippen molar-refractivity contribution < 1.29 is 19.8 Å². The lowest BCUT2D eigenvalue weighted by Crippen LogP contribution is -2.27. The highest BCUT2D eigenvalue weighted by Crippen LogP contribution is 2.93.